The summed E-state index contributed by atoms with van der Waals surface area (Å²) in [6.45, 7) is 0. The molecule has 0 aliphatic rings. The zero-order valence-electron chi connectivity index (χ0n) is 6.12. The molecule has 0 bridgehead atoms. The molecular weight excluding hydrogens is 91.1 g/mol. The van der Waals surface area contributed by atoms with E-state index in [0.29, 0.717) is 0 Å². The van der Waals surface area contributed by atoms with E-state index in [-0.39, 0.29) is 83.9 Å². The molecule has 4 heavy (non-hydrogen) atoms. The molecule has 0 rings (SSSR count). The van der Waals surface area contributed by atoms with Crippen molar-refractivity contribution in [1.29, 1.82) is 0 Å². The summed E-state index contributed by atoms with van der Waals surface area (Å²) >= 11 is 0. The van der Waals surface area contributed by atoms with Gasteiger partial charge in [0.2, 0.25) is 0 Å². The monoisotopic (exact) mass is 100 g/mol. The topological polar surface area (TPSA) is 70.0 Å². The van der Waals surface area contributed by atoms with Crippen LogP contribution in [0.4, 0.5) is 0 Å². The van der Waals surface area contributed by atoms with Gasteiger partial charge in [0.05, 0.1) is 0 Å². The molecule has 0 heterocycles. The molecule has 0 saturated carbocycles. The van der Waals surface area contributed by atoms with E-state index in [9.17, 15) is 0 Å². The van der Waals surface area contributed by atoms with E-state index >= 15 is 0 Å². The molecule has 0 unspecified atom stereocenters. The molecule has 0 atom stereocenters. The van der Waals surface area contributed by atoms with Crippen LogP contribution in [0.15, 0.2) is 0 Å². The van der Waals surface area contributed by atoms with Crippen LogP contribution in [0.5, 0.6) is 0 Å². The molecule has 0 aromatic heterocycles. The largest absolute Gasteiger partial charge is 2.00 e. The molecule has 0 aromatic carbocycles. The fourth-order valence-corrected chi connectivity index (χ4v) is 0. The fraction of sp³-hybridized carbons (Fsp3) is 0. The molecule has 0 aliphatic carbocycles. The quantitative estimate of drug-likeness (QED) is 0.325. The molecule has 2 nitrogen and oxygen atoms in total. The summed E-state index contributed by atoms with van der Waals surface area (Å²) < 4.78 is 0. The smallest absolute Gasteiger partial charge is 1.00 e. The minimum atomic E-state index is 0. The Labute approximate surface area is 82.6 Å². The van der Waals surface area contributed by atoms with Crippen LogP contribution in [0.3, 0.4) is 0 Å². The van der Waals surface area contributed by atoms with Crippen molar-refractivity contribution in [3.05, 3.63) is 0 Å². The standard InChI is InChI=1S/Ca.2H3N.Na.3H/h;2*1H3;;;;/q+2;;;+1;3*-1. The molecule has 22 valence electrons. The van der Waals surface area contributed by atoms with E-state index in [2.05, 4.69) is 0 Å². The molecule has 0 amide bonds. The van der Waals surface area contributed by atoms with Gasteiger partial charge in [0, 0.05) is 0 Å². The summed E-state index contributed by atoms with van der Waals surface area (Å²) in [4.78, 5) is 0. The van der Waals surface area contributed by atoms with Gasteiger partial charge >= 0.3 is 67.3 Å². The molecular formula is H9CaN2Na. The molecule has 0 saturated heterocycles. The van der Waals surface area contributed by atoms with E-state index in [1.165, 1.54) is 0 Å². The molecule has 6 N–H and O–H groups in total. The van der Waals surface area contributed by atoms with E-state index in [1.54, 1.807) is 0 Å². The number of rotatable bonds is 0. The van der Waals surface area contributed by atoms with Crippen molar-refractivity contribution < 1.29 is 33.8 Å². The van der Waals surface area contributed by atoms with Crippen molar-refractivity contribution >= 4 is 37.7 Å². The van der Waals surface area contributed by atoms with Crippen molar-refractivity contribution in [2.24, 2.45) is 0 Å². The summed E-state index contributed by atoms with van der Waals surface area (Å²) in [6, 6.07) is 0. The summed E-state index contributed by atoms with van der Waals surface area (Å²) in [7, 11) is 0. The first-order valence-corrected chi connectivity index (χ1v) is 0. The van der Waals surface area contributed by atoms with Crippen molar-refractivity contribution in [2.45, 2.75) is 0 Å². The maximum atomic E-state index is 0. The first-order valence-electron chi connectivity index (χ1n) is 0. The van der Waals surface area contributed by atoms with Gasteiger partial charge in [-0.2, -0.15) is 0 Å². The third-order valence-corrected chi connectivity index (χ3v) is 0. The average Bonchev–Trinajstić information content (AvgIpc) is 0. The number of hydrogen-bond acceptors (Lipinski definition) is 2. The summed E-state index contributed by atoms with van der Waals surface area (Å²) in [5.41, 5.74) is 0. The van der Waals surface area contributed by atoms with Gasteiger partial charge in [-0.25, -0.2) is 0 Å². The summed E-state index contributed by atoms with van der Waals surface area (Å²) in [6.07, 6.45) is 0. The van der Waals surface area contributed by atoms with Crippen LogP contribution in [0.1, 0.15) is 4.28 Å². The minimum absolute atomic E-state index is 0. The van der Waals surface area contributed by atoms with Gasteiger partial charge in [0.25, 0.3) is 0 Å². The third-order valence-electron chi connectivity index (χ3n) is 0. The number of hydrogen-bond donors (Lipinski definition) is 2. The maximum Gasteiger partial charge on any atom is 2.00 e. The minimum Gasteiger partial charge on any atom is -1.00 e. The fourth-order valence-electron chi connectivity index (χ4n) is 0. The van der Waals surface area contributed by atoms with Crippen molar-refractivity contribution in [1.82, 2.24) is 12.3 Å². The van der Waals surface area contributed by atoms with Crippen LogP contribution in [0.25, 0.3) is 0 Å². The van der Waals surface area contributed by atoms with Gasteiger partial charge < -0.3 is 16.6 Å². The predicted molar refractivity (Wildman–Crippen MR) is 19.1 cm³/mol. The van der Waals surface area contributed by atoms with Crippen LogP contribution in [0, 0.1) is 0 Å². The summed E-state index contributed by atoms with van der Waals surface area (Å²) in [5.74, 6) is 0. The van der Waals surface area contributed by atoms with Crippen LogP contribution in [-0.4, -0.2) is 37.7 Å². The Hall–Kier alpha value is 2.18. The molecule has 0 fully saturated rings. The van der Waals surface area contributed by atoms with Gasteiger partial charge in [-0.05, 0) is 0 Å². The van der Waals surface area contributed by atoms with E-state index in [1.807, 2.05) is 0 Å². The second-order valence-electron chi connectivity index (χ2n) is 0. The molecule has 0 aliphatic heterocycles. The van der Waals surface area contributed by atoms with Crippen molar-refractivity contribution in [3.8, 4) is 0 Å². The van der Waals surface area contributed by atoms with E-state index in [0.717, 1.165) is 0 Å². The van der Waals surface area contributed by atoms with Crippen LogP contribution < -0.4 is 41.9 Å². The molecule has 0 radical (unpaired) electrons. The third kappa shape index (κ3) is 8.89. The van der Waals surface area contributed by atoms with Gasteiger partial charge in [-0.1, -0.05) is 0 Å². The van der Waals surface area contributed by atoms with Gasteiger partial charge in [0.15, 0.2) is 0 Å². The van der Waals surface area contributed by atoms with Crippen LogP contribution >= 0.6 is 0 Å². The first-order chi connectivity index (χ1) is 0. The average molecular weight is 100 g/mol. The Balaban J connectivity index is 0. The molecule has 0 spiro atoms. The summed E-state index contributed by atoms with van der Waals surface area (Å²) in [5, 5.41) is 0. The Morgan fingerprint density at radius 1 is 1.00 bits per heavy atom. The van der Waals surface area contributed by atoms with Crippen molar-refractivity contribution in [2.75, 3.05) is 0 Å². The van der Waals surface area contributed by atoms with E-state index < -0.39 is 0 Å². The normalized spacial score (nSPS) is 0. The molecule has 4 heteroatoms. The van der Waals surface area contributed by atoms with E-state index in [4.69, 9.17) is 0 Å². The Kier molecular flexibility index (Phi) is 166. The van der Waals surface area contributed by atoms with Crippen LogP contribution in [-0.2, 0) is 0 Å². The zero-order chi connectivity index (χ0) is 0. The van der Waals surface area contributed by atoms with Crippen molar-refractivity contribution in [3.63, 3.8) is 0 Å². The second kappa shape index (κ2) is 19.0. The first kappa shape index (κ1) is 34.9. The van der Waals surface area contributed by atoms with Gasteiger partial charge in [-0.15, -0.1) is 0 Å². The predicted octanol–water partition coefficient (Wildman–Crippen LogP) is -2.72. The maximum absolute atomic E-state index is 0. The molecule has 0 aromatic rings. The van der Waals surface area contributed by atoms with Gasteiger partial charge in [0.1, 0.15) is 0 Å². The van der Waals surface area contributed by atoms with Crippen LogP contribution in [0.2, 0.25) is 0 Å². The second-order valence-corrected chi connectivity index (χ2v) is 0. The van der Waals surface area contributed by atoms with Gasteiger partial charge in [-0.3, -0.25) is 0 Å². The Morgan fingerprint density at radius 2 is 1.00 bits per heavy atom. The SMILES string of the molecule is N.N.[Ca+2].[H-].[H-].[H-].[Na+]. The Bertz CT molecular complexity index is 12.9. The zero-order valence-corrected chi connectivity index (χ0v) is 7.33. The Morgan fingerprint density at radius 3 is 1.00 bits per heavy atom.